The molecule has 2 rings (SSSR count). The van der Waals surface area contributed by atoms with Gasteiger partial charge in [-0.05, 0) is 29.8 Å². The lowest BCUT2D eigenvalue weighted by molar-refractivity contribution is 0.475. The second-order valence-corrected chi connectivity index (χ2v) is 3.02. The van der Waals surface area contributed by atoms with Crippen LogP contribution in [0.2, 0.25) is 0 Å². The van der Waals surface area contributed by atoms with Crippen LogP contribution in [0.3, 0.4) is 0 Å². The van der Waals surface area contributed by atoms with Crippen molar-refractivity contribution in [3.63, 3.8) is 0 Å². The number of phenolic OH excluding ortho intramolecular Hbond substituents is 1. The van der Waals surface area contributed by atoms with Gasteiger partial charge in [0.15, 0.2) is 0 Å². The smallest absolute Gasteiger partial charge is 0.263 e. The summed E-state index contributed by atoms with van der Waals surface area (Å²) in [5.41, 5.74) is 3.47. The van der Waals surface area contributed by atoms with E-state index in [4.69, 9.17) is 10.9 Å². The van der Waals surface area contributed by atoms with Crippen molar-refractivity contribution in [3.8, 4) is 5.75 Å². The largest absolute Gasteiger partial charge is 0.508 e. The summed E-state index contributed by atoms with van der Waals surface area (Å²) in [4.78, 5) is 0. The van der Waals surface area contributed by atoms with E-state index in [0.717, 1.165) is 5.56 Å². The first kappa shape index (κ1) is 9.97. The molecule has 0 bridgehead atoms. The number of hydrogen-bond acceptors (Lipinski definition) is 6. The van der Waals surface area contributed by atoms with Crippen molar-refractivity contribution in [1.82, 2.24) is 14.9 Å². The van der Waals surface area contributed by atoms with Crippen molar-refractivity contribution in [2.45, 2.75) is 0 Å². The minimum Gasteiger partial charge on any atom is -0.508 e. The monoisotopic (exact) mass is 218 g/mol. The zero-order chi connectivity index (χ0) is 11.4. The standard InChI is InChI=1S/C9H10N6O/c10-15-6-12-14-9(15)13-11-5-7-1-3-8(16)4-2-7/h1-6,16H,10H2,(H,13,14)/b11-5-. The Kier molecular flexibility index (Phi) is 2.68. The summed E-state index contributed by atoms with van der Waals surface area (Å²) in [6.45, 7) is 0. The number of aromatic nitrogens is 3. The summed E-state index contributed by atoms with van der Waals surface area (Å²) in [6.07, 6.45) is 2.94. The first-order chi connectivity index (χ1) is 7.75. The molecule has 0 aliphatic rings. The number of rotatable bonds is 3. The molecule has 0 unspecified atom stereocenters. The minimum absolute atomic E-state index is 0.215. The van der Waals surface area contributed by atoms with Gasteiger partial charge in [0, 0.05) is 0 Å². The molecule has 2 aromatic rings. The maximum Gasteiger partial charge on any atom is 0.263 e. The summed E-state index contributed by atoms with van der Waals surface area (Å²) in [5.74, 6) is 6.02. The van der Waals surface area contributed by atoms with Gasteiger partial charge in [-0.3, -0.25) is 0 Å². The normalized spacial score (nSPS) is 10.8. The summed E-state index contributed by atoms with van der Waals surface area (Å²) in [6, 6.07) is 6.61. The molecule has 0 saturated heterocycles. The van der Waals surface area contributed by atoms with Crippen molar-refractivity contribution >= 4 is 12.2 Å². The van der Waals surface area contributed by atoms with Gasteiger partial charge >= 0.3 is 0 Å². The number of anilines is 1. The van der Waals surface area contributed by atoms with Gasteiger partial charge in [0.2, 0.25) is 0 Å². The van der Waals surface area contributed by atoms with Crippen LogP contribution in [-0.4, -0.2) is 26.2 Å². The van der Waals surface area contributed by atoms with Crippen molar-refractivity contribution in [1.29, 1.82) is 0 Å². The lowest BCUT2D eigenvalue weighted by atomic mass is 10.2. The van der Waals surface area contributed by atoms with Gasteiger partial charge < -0.3 is 10.9 Å². The fourth-order valence-corrected chi connectivity index (χ4v) is 1.05. The van der Waals surface area contributed by atoms with Gasteiger partial charge in [0.05, 0.1) is 6.21 Å². The Labute approximate surface area is 91.2 Å². The molecule has 0 atom stereocenters. The van der Waals surface area contributed by atoms with E-state index in [9.17, 15) is 0 Å². The van der Waals surface area contributed by atoms with Crippen LogP contribution < -0.4 is 11.3 Å². The number of nitrogen functional groups attached to an aromatic ring is 1. The predicted molar refractivity (Wildman–Crippen MR) is 59.5 cm³/mol. The average Bonchev–Trinajstić information content (AvgIpc) is 2.68. The number of nitrogens with zero attached hydrogens (tertiary/aromatic N) is 4. The molecular weight excluding hydrogens is 208 g/mol. The fourth-order valence-electron chi connectivity index (χ4n) is 1.05. The Morgan fingerprint density at radius 1 is 1.38 bits per heavy atom. The fraction of sp³-hybridized carbons (Fsp3) is 0. The zero-order valence-corrected chi connectivity index (χ0v) is 8.28. The number of benzene rings is 1. The molecule has 0 radical (unpaired) electrons. The minimum atomic E-state index is 0.215. The Bertz CT molecular complexity index is 489. The molecule has 82 valence electrons. The first-order valence-corrected chi connectivity index (χ1v) is 4.49. The lowest BCUT2D eigenvalue weighted by Crippen LogP contribution is -2.10. The molecule has 0 fully saturated rings. The Morgan fingerprint density at radius 3 is 2.75 bits per heavy atom. The zero-order valence-electron chi connectivity index (χ0n) is 8.28. The third-order valence-corrected chi connectivity index (χ3v) is 1.84. The second kappa shape index (κ2) is 4.30. The molecule has 1 aromatic carbocycles. The number of nitrogens with one attached hydrogen (secondary N) is 1. The number of nitrogens with two attached hydrogens (primary N) is 1. The highest BCUT2D eigenvalue weighted by Gasteiger charge is 1.96. The van der Waals surface area contributed by atoms with Gasteiger partial charge in [-0.2, -0.15) is 5.10 Å². The van der Waals surface area contributed by atoms with Crippen molar-refractivity contribution in [2.24, 2.45) is 5.10 Å². The highest BCUT2D eigenvalue weighted by molar-refractivity contribution is 5.80. The third-order valence-electron chi connectivity index (χ3n) is 1.84. The molecule has 7 nitrogen and oxygen atoms in total. The van der Waals surface area contributed by atoms with E-state index in [-0.39, 0.29) is 5.75 Å². The van der Waals surface area contributed by atoms with Gasteiger partial charge in [0.25, 0.3) is 5.95 Å². The Balaban J connectivity index is 2.00. The van der Waals surface area contributed by atoms with E-state index < -0.39 is 0 Å². The first-order valence-electron chi connectivity index (χ1n) is 4.49. The molecule has 0 aliphatic carbocycles. The van der Waals surface area contributed by atoms with Gasteiger partial charge in [-0.15, -0.1) is 10.2 Å². The Hall–Kier alpha value is -2.57. The van der Waals surface area contributed by atoms with Crippen LogP contribution in [0.15, 0.2) is 35.7 Å². The van der Waals surface area contributed by atoms with Crippen molar-refractivity contribution in [3.05, 3.63) is 36.2 Å². The van der Waals surface area contributed by atoms with Gasteiger partial charge in [-0.25, -0.2) is 10.1 Å². The van der Waals surface area contributed by atoms with Crippen molar-refractivity contribution in [2.75, 3.05) is 11.3 Å². The van der Waals surface area contributed by atoms with Crippen LogP contribution in [0.25, 0.3) is 0 Å². The summed E-state index contributed by atoms with van der Waals surface area (Å²) in [5, 5.41) is 20.2. The van der Waals surface area contributed by atoms with Crippen LogP contribution in [0.4, 0.5) is 5.95 Å². The molecule has 0 aliphatic heterocycles. The number of phenols is 1. The van der Waals surface area contributed by atoms with Crippen LogP contribution in [0.1, 0.15) is 5.56 Å². The van der Waals surface area contributed by atoms with E-state index in [0.29, 0.717) is 5.95 Å². The van der Waals surface area contributed by atoms with Crippen LogP contribution in [0.5, 0.6) is 5.75 Å². The molecule has 0 spiro atoms. The predicted octanol–water partition coefficient (Wildman–Crippen LogP) is 0.143. The number of hydrazone groups is 1. The van der Waals surface area contributed by atoms with Crippen LogP contribution >= 0.6 is 0 Å². The van der Waals surface area contributed by atoms with E-state index in [1.807, 2.05) is 0 Å². The molecular formula is C9H10N6O. The summed E-state index contributed by atoms with van der Waals surface area (Å²) >= 11 is 0. The SMILES string of the molecule is Nn1cnnc1N/N=C\c1ccc(O)cc1. The van der Waals surface area contributed by atoms with E-state index in [2.05, 4.69) is 20.7 Å². The Morgan fingerprint density at radius 2 is 2.12 bits per heavy atom. The molecule has 0 saturated carbocycles. The van der Waals surface area contributed by atoms with E-state index in [1.54, 1.807) is 30.5 Å². The van der Waals surface area contributed by atoms with Crippen LogP contribution in [-0.2, 0) is 0 Å². The molecule has 4 N–H and O–H groups in total. The maximum absolute atomic E-state index is 9.07. The van der Waals surface area contributed by atoms with E-state index >= 15 is 0 Å². The molecule has 0 amide bonds. The maximum atomic E-state index is 9.07. The molecule has 1 aromatic heterocycles. The highest BCUT2D eigenvalue weighted by atomic mass is 16.3. The molecule has 16 heavy (non-hydrogen) atoms. The van der Waals surface area contributed by atoms with Gasteiger partial charge in [0.1, 0.15) is 12.1 Å². The topological polar surface area (TPSA) is 101 Å². The molecule has 1 heterocycles. The second-order valence-electron chi connectivity index (χ2n) is 3.02. The highest BCUT2D eigenvalue weighted by Crippen LogP contribution is 2.07. The lowest BCUT2D eigenvalue weighted by Gasteiger charge is -1.97. The number of aromatic hydroxyl groups is 1. The third kappa shape index (κ3) is 2.27. The van der Waals surface area contributed by atoms with E-state index in [1.165, 1.54) is 11.0 Å². The number of hydrogen-bond donors (Lipinski definition) is 3. The molecule has 7 heteroatoms. The van der Waals surface area contributed by atoms with Crippen LogP contribution in [0, 0.1) is 0 Å². The van der Waals surface area contributed by atoms with Gasteiger partial charge in [-0.1, -0.05) is 0 Å². The summed E-state index contributed by atoms with van der Waals surface area (Å²) < 4.78 is 1.22. The average molecular weight is 218 g/mol. The summed E-state index contributed by atoms with van der Waals surface area (Å²) in [7, 11) is 0. The quantitative estimate of drug-likeness (QED) is 0.386. The van der Waals surface area contributed by atoms with Crippen molar-refractivity contribution < 1.29 is 5.11 Å².